The summed E-state index contributed by atoms with van der Waals surface area (Å²) in [6.07, 6.45) is 1.04. The summed E-state index contributed by atoms with van der Waals surface area (Å²) in [5.74, 6) is -0.714. The Morgan fingerprint density at radius 3 is 2.55 bits per heavy atom. The van der Waals surface area contributed by atoms with Crippen LogP contribution in [-0.4, -0.2) is 68.1 Å². The maximum absolute atomic E-state index is 13.8. The third-order valence-corrected chi connectivity index (χ3v) is 4.65. The summed E-state index contributed by atoms with van der Waals surface area (Å²) in [5, 5.41) is 0. The normalized spacial score (nSPS) is 18.8. The number of hydrogen-bond acceptors (Lipinski definition) is 3. The van der Waals surface area contributed by atoms with Gasteiger partial charge in [-0.3, -0.25) is 4.90 Å². The van der Waals surface area contributed by atoms with Gasteiger partial charge in [0.05, 0.1) is 0 Å². The first-order valence-corrected chi connectivity index (χ1v) is 8.03. The third-order valence-electron chi connectivity index (χ3n) is 4.65. The third kappa shape index (κ3) is 4.73. The number of rotatable bonds is 6. The first-order chi connectivity index (χ1) is 10.5. The highest BCUT2D eigenvalue weighted by Gasteiger charge is 2.17. The molecule has 0 unspecified atom stereocenters. The Hall–Kier alpha value is -1.04. The van der Waals surface area contributed by atoms with Crippen LogP contribution in [0.3, 0.4) is 0 Å². The fraction of sp³-hybridized carbons (Fsp3) is 0.647. The second-order valence-corrected chi connectivity index (χ2v) is 6.32. The van der Waals surface area contributed by atoms with Gasteiger partial charge < -0.3 is 9.80 Å². The number of halogens is 2. The molecular weight excluding hydrogens is 284 g/mol. The Morgan fingerprint density at radius 1 is 1.18 bits per heavy atom. The Balaban J connectivity index is 1.79. The lowest BCUT2D eigenvalue weighted by Gasteiger charge is -2.33. The van der Waals surface area contributed by atoms with E-state index in [9.17, 15) is 8.78 Å². The van der Waals surface area contributed by atoms with Gasteiger partial charge in [-0.2, -0.15) is 0 Å². The number of likely N-dealkylation sites (N-methyl/N-ethyl adjacent to an activating group) is 1. The summed E-state index contributed by atoms with van der Waals surface area (Å²) < 4.78 is 27.1. The van der Waals surface area contributed by atoms with Crippen LogP contribution < -0.4 is 0 Å². The quantitative estimate of drug-likeness (QED) is 0.799. The van der Waals surface area contributed by atoms with E-state index in [0.29, 0.717) is 5.56 Å². The number of hydrogen-bond donors (Lipinski definition) is 0. The van der Waals surface area contributed by atoms with E-state index < -0.39 is 0 Å². The van der Waals surface area contributed by atoms with Crippen LogP contribution in [0.5, 0.6) is 0 Å². The van der Waals surface area contributed by atoms with Crippen molar-refractivity contribution in [3.05, 3.63) is 35.4 Å². The number of benzene rings is 1. The lowest BCUT2D eigenvalue weighted by atomic mass is 10.1. The molecule has 0 radical (unpaired) electrons. The summed E-state index contributed by atoms with van der Waals surface area (Å²) >= 11 is 0. The van der Waals surface area contributed by atoms with Gasteiger partial charge in [0, 0.05) is 37.8 Å². The number of piperazine rings is 1. The van der Waals surface area contributed by atoms with Crippen LogP contribution in [0.15, 0.2) is 18.2 Å². The van der Waals surface area contributed by atoms with Gasteiger partial charge in [0.15, 0.2) is 0 Å². The molecule has 124 valence electrons. The molecule has 1 aromatic carbocycles. The van der Waals surface area contributed by atoms with E-state index in [1.165, 1.54) is 18.2 Å². The van der Waals surface area contributed by atoms with Gasteiger partial charge in [-0.1, -0.05) is 0 Å². The molecule has 2 rings (SSSR count). The maximum atomic E-state index is 13.8. The monoisotopic (exact) mass is 311 g/mol. The van der Waals surface area contributed by atoms with Crippen molar-refractivity contribution < 1.29 is 8.78 Å². The van der Waals surface area contributed by atoms with Gasteiger partial charge in [0.25, 0.3) is 0 Å². The smallest absolute Gasteiger partial charge is 0.128 e. The standard InChI is InChI=1S/C17H27F2N3/c1-14(16-13-15(18)5-6-17(16)19)21(3)7-4-8-22-11-9-20(2)10-12-22/h5-6,13-14H,4,7-12H2,1-3H3/t14-/m0/s1. The SMILES string of the molecule is C[C@@H](c1cc(F)ccc1F)N(C)CCCN1CCN(C)CC1. The minimum absolute atomic E-state index is 0.122. The zero-order valence-electron chi connectivity index (χ0n) is 13.9. The molecule has 3 nitrogen and oxygen atoms in total. The molecule has 1 aromatic rings. The molecule has 1 heterocycles. The van der Waals surface area contributed by atoms with Crippen molar-refractivity contribution in [2.24, 2.45) is 0 Å². The fourth-order valence-corrected chi connectivity index (χ4v) is 2.88. The van der Waals surface area contributed by atoms with Crippen molar-refractivity contribution in [2.45, 2.75) is 19.4 Å². The van der Waals surface area contributed by atoms with E-state index in [0.717, 1.165) is 45.7 Å². The molecule has 0 amide bonds. The number of nitrogens with zero attached hydrogens (tertiary/aromatic N) is 3. The minimum Gasteiger partial charge on any atom is -0.304 e. The zero-order chi connectivity index (χ0) is 16.1. The molecule has 0 spiro atoms. The Labute approximate surface area is 132 Å². The molecule has 1 aliphatic rings. The van der Waals surface area contributed by atoms with Crippen molar-refractivity contribution in [1.29, 1.82) is 0 Å². The van der Waals surface area contributed by atoms with Crippen LogP contribution in [0.2, 0.25) is 0 Å². The molecule has 0 aliphatic carbocycles. The van der Waals surface area contributed by atoms with Gasteiger partial charge >= 0.3 is 0 Å². The second kappa shape index (κ2) is 7.99. The Kier molecular flexibility index (Phi) is 6.29. The summed E-state index contributed by atoms with van der Waals surface area (Å²) in [4.78, 5) is 6.91. The van der Waals surface area contributed by atoms with E-state index in [4.69, 9.17) is 0 Å². The zero-order valence-corrected chi connectivity index (χ0v) is 13.9. The highest BCUT2D eigenvalue weighted by Crippen LogP contribution is 2.22. The molecule has 1 atom stereocenters. The van der Waals surface area contributed by atoms with Crippen LogP contribution in [0.4, 0.5) is 8.78 Å². The first kappa shape index (κ1) is 17.3. The molecule has 0 aromatic heterocycles. The van der Waals surface area contributed by atoms with Crippen LogP contribution in [0.1, 0.15) is 24.9 Å². The van der Waals surface area contributed by atoms with Crippen LogP contribution in [0.25, 0.3) is 0 Å². The molecule has 0 saturated carbocycles. The van der Waals surface area contributed by atoms with Gasteiger partial charge in [-0.25, -0.2) is 8.78 Å². The molecule has 0 bridgehead atoms. The lowest BCUT2D eigenvalue weighted by molar-refractivity contribution is 0.144. The van der Waals surface area contributed by atoms with Gasteiger partial charge in [0.2, 0.25) is 0 Å². The summed E-state index contributed by atoms with van der Waals surface area (Å²) in [6, 6.07) is 3.55. The predicted molar refractivity (Wildman–Crippen MR) is 86.0 cm³/mol. The predicted octanol–water partition coefficient (Wildman–Crippen LogP) is 2.60. The van der Waals surface area contributed by atoms with E-state index in [1.807, 2.05) is 14.0 Å². The summed E-state index contributed by atoms with van der Waals surface area (Å²) in [7, 11) is 4.12. The first-order valence-electron chi connectivity index (χ1n) is 8.03. The van der Waals surface area contributed by atoms with E-state index >= 15 is 0 Å². The largest absolute Gasteiger partial charge is 0.304 e. The van der Waals surface area contributed by atoms with E-state index in [1.54, 1.807) is 0 Å². The molecule has 1 saturated heterocycles. The summed E-state index contributed by atoms with van der Waals surface area (Å²) in [6.45, 7) is 8.36. The molecule has 1 fully saturated rings. The Morgan fingerprint density at radius 2 is 1.86 bits per heavy atom. The van der Waals surface area contributed by atoms with Gasteiger partial charge in [-0.05, 0) is 58.7 Å². The fourth-order valence-electron chi connectivity index (χ4n) is 2.88. The Bertz CT molecular complexity index is 473. The molecule has 1 aliphatic heterocycles. The van der Waals surface area contributed by atoms with Gasteiger partial charge in [-0.15, -0.1) is 0 Å². The molecular formula is C17H27F2N3. The van der Waals surface area contributed by atoms with Crippen LogP contribution in [0, 0.1) is 11.6 Å². The van der Waals surface area contributed by atoms with Crippen molar-refractivity contribution in [3.63, 3.8) is 0 Å². The van der Waals surface area contributed by atoms with Crippen molar-refractivity contribution in [3.8, 4) is 0 Å². The van der Waals surface area contributed by atoms with Crippen molar-refractivity contribution in [1.82, 2.24) is 14.7 Å². The van der Waals surface area contributed by atoms with E-state index in [-0.39, 0.29) is 17.7 Å². The minimum atomic E-state index is -0.380. The average Bonchev–Trinajstić information content (AvgIpc) is 2.51. The van der Waals surface area contributed by atoms with E-state index in [2.05, 4.69) is 21.7 Å². The summed E-state index contributed by atoms with van der Waals surface area (Å²) in [5.41, 5.74) is 0.432. The maximum Gasteiger partial charge on any atom is 0.128 e. The highest BCUT2D eigenvalue weighted by atomic mass is 19.1. The molecule has 5 heteroatoms. The van der Waals surface area contributed by atoms with Gasteiger partial charge in [0.1, 0.15) is 11.6 Å². The highest BCUT2D eigenvalue weighted by molar-refractivity contribution is 5.21. The van der Waals surface area contributed by atoms with Crippen molar-refractivity contribution >= 4 is 0 Å². The van der Waals surface area contributed by atoms with Crippen LogP contribution >= 0.6 is 0 Å². The topological polar surface area (TPSA) is 9.72 Å². The van der Waals surface area contributed by atoms with Crippen LogP contribution in [-0.2, 0) is 0 Å². The average molecular weight is 311 g/mol. The molecule has 0 N–H and O–H groups in total. The second-order valence-electron chi connectivity index (χ2n) is 6.32. The lowest BCUT2D eigenvalue weighted by Crippen LogP contribution is -2.45. The van der Waals surface area contributed by atoms with Crippen molar-refractivity contribution in [2.75, 3.05) is 53.4 Å². The molecule has 22 heavy (non-hydrogen) atoms.